The highest BCUT2D eigenvalue weighted by Gasteiger charge is 2.14. The number of anilines is 1. The standard InChI is InChI=1S/C11H10ClNO2/c1-3-7-5-8(12)6-9(10(7)13)11(14)15-4-2/h1,5-6H,4,13H2,2H3. The zero-order valence-electron chi connectivity index (χ0n) is 8.21. The van der Waals surface area contributed by atoms with Gasteiger partial charge in [-0.3, -0.25) is 0 Å². The monoisotopic (exact) mass is 223 g/mol. The van der Waals surface area contributed by atoms with Crippen LogP contribution in [0.4, 0.5) is 5.69 Å². The Morgan fingerprint density at radius 1 is 1.67 bits per heavy atom. The van der Waals surface area contributed by atoms with Gasteiger partial charge in [0.2, 0.25) is 0 Å². The summed E-state index contributed by atoms with van der Waals surface area (Å²) in [6, 6.07) is 2.97. The van der Waals surface area contributed by atoms with Crippen LogP contribution in [0.2, 0.25) is 5.02 Å². The van der Waals surface area contributed by atoms with Gasteiger partial charge in [0.1, 0.15) is 0 Å². The number of halogens is 1. The van der Waals surface area contributed by atoms with E-state index < -0.39 is 5.97 Å². The number of nitrogens with two attached hydrogens (primary N) is 1. The molecule has 78 valence electrons. The lowest BCUT2D eigenvalue weighted by molar-refractivity contribution is 0.0527. The normalized spacial score (nSPS) is 9.40. The van der Waals surface area contributed by atoms with Gasteiger partial charge in [-0.2, -0.15) is 0 Å². The summed E-state index contributed by atoms with van der Waals surface area (Å²) in [5, 5.41) is 0.361. The molecule has 4 heteroatoms. The number of benzene rings is 1. The van der Waals surface area contributed by atoms with Crippen molar-refractivity contribution in [3.05, 3.63) is 28.3 Å². The van der Waals surface area contributed by atoms with Crippen LogP contribution in [0, 0.1) is 12.3 Å². The average molecular weight is 224 g/mol. The molecular formula is C11H10ClNO2. The van der Waals surface area contributed by atoms with Crippen molar-refractivity contribution < 1.29 is 9.53 Å². The molecule has 0 saturated heterocycles. The molecule has 0 fully saturated rings. The number of rotatable bonds is 2. The quantitative estimate of drug-likeness (QED) is 0.475. The largest absolute Gasteiger partial charge is 0.462 e. The fourth-order valence-corrected chi connectivity index (χ4v) is 1.33. The molecule has 1 aromatic carbocycles. The third-order valence-electron chi connectivity index (χ3n) is 1.80. The Morgan fingerprint density at radius 3 is 2.87 bits per heavy atom. The maximum atomic E-state index is 11.5. The molecule has 2 N–H and O–H groups in total. The SMILES string of the molecule is C#Cc1cc(Cl)cc(C(=O)OCC)c1N. The highest BCUT2D eigenvalue weighted by Crippen LogP contribution is 2.23. The smallest absolute Gasteiger partial charge is 0.340 e. The fraction of sp³-hybridized carbons (Fsp3) is 0.182. The van der Waals surface area contributed by atoms with E-state index in [-0.39, 0.29) is 17.9 Å². The third kappa shape index (κ3) is 2.42. The molecule has 0 unspecified atom stereocenters. The van der Waals surface area contributed by atoms with Crippen molar-refractivity contribution in [2.45, 2.75) is 6.92 Å². The van der Waals surface area contributed by atoms with Crippen LogP contribution in [-0.4, -0.2) is 12.6 Å². The summed E-state index contributed by atoms with van der Waals surface area (Å²) in [6.07, 6.45) is 5.22. The molecule has 0 radical (unpaired) electrons. The van der Waals surface area contributed by atoms with Crippen LogP contribution in [0.25, 0.3) is 0 Å². The Bertz CT molecular complexity index is 435. The molecule has 15 heavy (non-hydrogen) atoms. The Morgan fingerprint density at radius 2 is 2.33 bits per heavy atom. The van der Waals surface area contributed by atoms with Crippen LogP contribution < -0.4 is 5.73 Å². The summed E-state index contributed by atoms with van der Waals surface area (Å²) in [6.45, 7) is 1.98. The van der Waals surface area contributed by atoms with Gasteiger partial charge in [0.25, 0.3) is 0 Å². The minimum atomic E-state index is -0.519. The summed E-state index contributed by atoms with van der Waals surface area (Å²) in [7, 11) is 0. The average Bonchev–Trinajstić information content (AvgIpc) is 2.21. The van der Waals surface area contributed by atoms with Gasteiger partial charge in [-0.15, -0.1) is 6.42 Å². The number of ether oxygens (including phenoxy) is 1. The highest BCUT2D eigenvalue weighted by atomic mass is 35.5. The van der Waals surface area contributed by atoms with Gasteiger partial charge >= 0.3 is 5.97 Å². The maximum Gasteiger partial charge on any atom is 0.340 e. The van der Waals surface area contributed by atoms with Crippen LogP contribution in [0.3, 0.4) is 0 Å². The van der Waals surface area contributed by atoms with E-state index >= 15 is 0 Å². The molecule has 0 aliphatic heterocycles. The summed E-state index contributed by atoms with van der Waals surface area (Å²) in [4.78, 5) is 11.5. The molecule has 0 spiro atoms. The van der Waals surface area contributed by atoms with E-state index in [9.17, 15) is 4.79 Å². The van der Waals surface area contributed by atoms with Gasteiger partial charge in [-0.25, -0.2) is 4.79 Å². The number of esters is 1. The van der Waals surface area contributed by atoms with Gasteiger partial charge in [-0.1, -0.05) is 17.5 Å². The summed E-state index contributed by atoms with van der Waals surface area (Å²) in [5.41, 5.74) is 6.51. The van der Waals surface area contributed by atoms with Crippen LogP contribution in [0.5, 0.6) is 0 Å². The van der Waals surface area contributed by atoms with Crippen LogP contribution in [-0.2, 0) is 4.74 Å². The summed E-state index contributed by atoms with van der Waals surface area (Å²) in [5.74, 6) is 1.84. The van der Waals surface area contributed by atoms with Gasteiger partial charge in [0, 0.05) is 10.6 Å². The maximum absolute atomic E-state index is 11.5. The molecule has 0 aromatic heterocycles. The second kappa shape index (κ2) is 4.72. The van der Waals surface area contributed by atoms with E-state index in [1.807, 2.05) is 0 Å². The first-order chi connectivity index (χ1) is 7.10. The molecule has 0 heterocycles. The second-order valence-electron chi connectivity index (χ2n) is 2.78. The van der Waals surface area contributed by atoms with E-state index in [4.69, 9.17) is 28.5 Å². The molecule has 1 rings (SSSR count). The van der Waals surface area contributed by atoms with Crippen LogP contribution >= 0.6 is 11.6 Å². The van der Waals surface area contributed by atoms with E-state index in [1.54, 1.807) is 6.92 Å². The zero-order valence-corrected chi connectivity index (χ0v) is 8.97. The van der Waals surface area contributed by atoms with Crippen LogP contribution in [0.1, 0.15) is 22.8 Å². The number of hydrogen-bond acceptors (Lipinski definition) is 3. The van der Waals surface area contributed by atoms with Crippen LogP contribution in [0.15, 0.2) is 12.1 Å². The number of carbonyl (C=O) groups is 1. The molecule has 0 aliphatic rings. The van der Waals surface area contributed by atoms with Crippen molar-refractivity contribution in [1.82, 2.24) is 0 Å². The second-order valence-corrected chi connectivity index (χ2v) is 3.22. The minimum absolute atomic E-state index is 0.206. The van der Waals surface area contributed by atoms with Crippen molar-refractivity contribution in [3.63, 3.8) is 0 Å². The van der Waals surface area contributed by atoms with E-state index in [0.717, 1.165) is 0 Å². The summed E-state index contributed by atoms with van der Waals surface area (Å²) < 4.78 is 4.82. The van der Waals surface area contributed by atoms with Crippen molar-refractivity contribution in [3.8, 4) is 12.3 Å². The Labute approximate surface area is 93.2 Å². The minimum Gasteiger partial charge on any atom is -0.462 e. The lowest BCUT2D eigenvalue weighted by atomic mass is 10.1. The highest BCUT2D eigenvalue weighted by molar-refractivity contribution is 6.31. The zero-order chi connectivity index (χ0) is 11.4. The van der Waals surface area contributed by atoms with Crippen molar-refractivity contribution in [1.29, 1.82) is 0 Å². The number of carbonyl (C=O) groups excluding carboxylic acids is 1. The first kappa shape index (κ1) is 11.4. The first-order valence-electron chi connectivity index (χ1n) is 4.33. The van der Waals surface area contributed by atoms with E-state index in [2.05, 4.69) is 5.92 Å². The lowest BCUT2D eigenvalue weighted by Crippen LogP contribution is -2.09. The van der Waals surface area contributed by atoms with Gasteiger partial charge in [0.05, 0.1) is 17.9 Å². The van der Waals surface area contributed by atoms with E-state index in [0.29, 0.717) is 10.6 Å². The van der Waals surface area contributed by atoms with Gasteiger partial charge < -0.3 is 10.5 Å². The topological polar surface area (TPSA) is 52.3 Å². The van der Waals surface area contributed by atoms with Crippen molar-refractivity contribution in [2.75, 3.05) is 12.3 Å². The Hall–Kier alpha value is -1.66. The van der Waals surface area contributed by atoms with Gasteiger partial charge in [-0.05, 0) is 19.1 Å². The third-order valence-corrected chi connectivity index (χ3v) is 2.01. The number of nitrogen functional groups attached to an aromatic ring is 1. The molecule has 0 bridgehead atoms. The van der Waals surface area contributed by atoms with Crippen molar-refractivity contribution >= 4 is 23.3 Å². The molecule has 1 aromatic rings. The number of terminal acetylenes is 1. The fourth-order valence-electron chi connectivity index (χ4n) is 1.12. The lowest BCUT2D eigenvalue weighted by Gasteiger charge is -2.07. The molecule has 3 nitrogen and oxygen atoms in total. The Balaban J connectivity index is 3.24. The molecule has 0 amide bonds. The number of hydrogen-bond donors (Lipinski definition) is 1. The predicted molar refractivity (Wildman–Crippen MR) is 59.8 cm³/mol. The Kier molecular flexibility index (Phi) is 3.59. The molecule has 0 atom stereocenters. The van der Waals surface area contributed by atoms with Gasteiger partial charge in [0.15, 0.2) is 0 Å². The first-order valence-corrected chi connectivity index (χ1v) is 4.70. The molecular weight excluding hydrogens is 214 g/mol. The summed E-state index contributed by atoms with van der Waals surface area (Å²) >= 11 is 5.79. The predicted octanol–water partition coefficient (Wildman–Crippen LogP) is 2.08. The molecule has 0 saturated carbocycles. The molecule has 0 aliphatic carbocycles. The van der Waals surface area contributed by atoms with E-state index in [1.165, 1.54) is 12.1 Å². The van der Waals surface area contributed by atoms with Crippen molar-refractivity contribution in [2.24, 2.45) is 0 Å².